The van der Waals surface area contributed by atoms with Gasteiger partial charge in [0, 0.05) is 26.9 Å². The van der Waals surface area contributed by atoms with Gasteiger partial charge in [-0.05, 0) is 42.5 Å². The summed E-state index contributed by atoms with van der Waals surface area (Å²) in [5.74, 6) is 0. The molecule has 7 aromatic rings. The van der Waals surface area contributed by atoms with Gasteiger partial charge in [0.2, 0.25) is 0 Å². The maximum Gasteiger partial charge on any atom is 0.197 e. The number of benzene rings is 4. The molecule has 0 spiro atoms. The Balaban J connectivity index is 1.90. The normalized spacial score (nSPS) is 12.3. The fourth-order valence-electron chi connectivity index (χ4n) is 4.80. The fourth-order valence-corrected chi connectivity index (χ4v) is 4.80. The summed E-state index contributed by atoms with van der Waals surface area (Å²) in [4.78, 5) is 26.6. The molecule has 0 aliphatic carbocycles. The molecule has 0 saturated heterocycles. The van der Waals surface area contributed by atoms with E-state index in [4.69, 9.17) is 4.42 Å². The van der Waals surface area contributed by atoms with Crippen molar-refractivity contribution in [1.29, 1.82) is 0 Å². The first-order chi connectivity index (χ1) is 14.7. The van der Waals surface area contributed by atoms with Gasteiger partial charge in [-0.3, -0.25) is 9.59 Å². The molecule has 0 atom stereocenters. The SMILES string of the molecule is O=c1c2ccccc2n2c3cc4c(cc3c(=O)c3cccc1c32)oc1ccccc14. The van der Waals surface area contributed by atoms with E-state index in [2.05, 4.69) is 4.40 Å². The molecule has 0 unspecified atom stereocenters. The van der Waals surface area contributed by atoms with Crippen LogP contribution in [0.15, 0.2) is 92.9 Å². The molecule has 0 fully saturated rings. The number of rotatable bonds is 0. The smallest absolute Gasteiger partial charge is 0.197 e. The number of aromatic nitrogens is 1. The van der Waals surface area contributed by atoms with E-state index in [0.717, 1.165) is 27.4 Å². The molecule has 0 N–H and O–H groups in total. The zero-order valence-corrected chi connectivity index (χ0v) is 15.7. The van der Waals surface area contributed by atoms with Crippen LogP contribution in [0.3, 0.4) is 0 Å². The maximum atomic E-state index is 13.4. The number of hydrogen-bond donors (Lipinski definition) is 0. The average molecular weight is 387 g/mol. The highest BCUT2D eigenvalue weighted by molar-refractivity contribution is 6.13. The van der Waals surface area contributed by atoms with Gasteiger partial charge < -0.3 is 8.82 Å². The van der Waals surface area contributed by atoms with Gasteiger partial charge in [0.05, 0.1) is 21.9 Å². The molecule has 4 heteroatoms. The summed E-state index contributed by atoms with van der Waals surface area (Å²) in [7, 11) is 0. The van der Waals surface area contributed by atoms with Crippen molar-refractivity contribution in [1.82, 2.24) is 4.40 Å². The van der Waals surface area contributed by atoms with Gasteiger partial charge in [0.25, 0.3) is 0 Å². The summed E-state index contributed by atoms with van der Waals surface area (Å²) in [6, 6.07) is 24.6. The minimum Gasteiger partial charge on any atom is -0.456 e. The second kappa shape index (κ2) is 5.24. The second-order valence-electron chi connectivity index (χ2n) is 7.68. The summed E-state index contributed by atoms with van der Waals surface area (Å²) in [6.07, 6.45) is 0. The number of nitrogens with zero attached hydrogens (tertiary/aromatic N) is 1. The van der Waals surface area contributed by atoms with Crippen molar-refractivity contribution in [3.05, 3.63) is 99.3 Å². The Morgan fingerprint density at radius 2 is 1.20 bits per heavy atom. The Morgan fingerprint density at radius 1 is 0.533 bits per heavy atom. The number of hydrogen-bond acceptors (Lipinski definition) is 3. The highest BCUT2D eigenvalue weighted by Gasteiger charge is 2.18. The van der Waals surface area contributed by atoms with E-state index in [1.54, 1.807) is 18.2 Å². The van der Waals surface area contributed by atoms with Gasteiger partial charge in [0.1, 0.15) is 11.2 Å². The molecule has 4 aromatic carbocycles. The van der Waals surface area contributed by atoms with E-state index < -0.39 is 0 Å². The Kier molecular flexibility index (Phi) is 2.75. The minimum absolute atomic E-state index is 0.0511. The molecule has 3 aromatic heterocycles. The number of furan rings is 1. The summed E-state index contributed by atoms with van der Waals surface area (Å²) >= 11 is 0. The average Bonchev–Trinajstić information content (AvgIpc) is 3.15. The molecular formula is C26H13NO3. The Morgan fingerprint density at radius 3 is 2.03 bits per heavy atom. The lowest BCUT2D eigenvalue weighted by Gasteiger charge is -2.14. The summed E-state index contributed by atoms with van der Waals surface area (Å²) in [5, 5.41) is 4.27. The van der Waals surface area contributed by atoms with Crippen LogP contribution in [-0.4, -0.2) is 4.40 Å². The van der Waals surface area contributed by atoms with Crippen molar-refractivity contribution in [2.24, 2.45) is 0 Å². The topological polar surface area (TPSA) is 51.7 Å². The van der Waals surface area contributed by atoms with Gasteiger partial charge in [-0.15, -0.1) is 0 Å². The third-order valence-electron chi connectivity index (χ3n) is 6.12. The molecule has 30 heavy (non-hydrogen) atoms. The first-order valence-electron chi connectivity index (χ1n) is 9.79. The lowest BCUT2D eigenvalue weighted by atomic mass is 10.0. The van der Waals surface area contributed by atoms with Crippen LogP contribution in [-0.2, 0) is 0 Å². The quantitative estimate of drug-likeness (QED) is 0.257. The molecule has 0 aliphatic rings. The fraction of sp³-hybridized carbons (Fsp3) is 0. The predicted octanol–water partition coefficient (Wildman–Crippen LogP) is 5.46. The van der Waals surface area contributed by atoms with Crippen molar-refractivity contribution in [3.8, 4) is 0 Å². The van der Waals surface area contributed by atoms with Crippen molar-refractivity contribution in [3.63, 3.8) is 0 Å². The summed E-state index contributed by atoms with van der Waals surface area (Å²) in [5.41, 5.74) is 3.57. The zero-order valence-electron chi connectivity index (χ0n) is 15.7. The second-order valence-corrected chi connectivity index (χ2v) is 7.68. The molecular weight excluding hydrogens is 374 g/mol. The molecule has 140 valence electrons. The van der Waals surface area contributed by atoms with Crippen LogP contribution in [0, 0.1) is 0 Å². The van der Waals surface area contributed by atoms with Gasteiger partial charge in [0.15, 0.2) is 10.9 Å². The van der Waals surface area contributed by atoms with Crippen LogP contribution in [0.5, 0.6) is 0 Å². The van der Waals surface area contributed by atoms with E-state index >= 15 is 0 Å². The third-order valence-corrected chi connectivity index (χ3v) is 6.12. The summed E-state index contributed by atoms with van der Waals surface area (Å²) < 4.78 is 8.08. The van der Waals surface area contributed by atoms with E-state index in [0.29, 0.717) is 32.6 Å². The van der Waals surface area contributed by atoms with E-state index in [1.807, 2.05) is 60.7 Å². The molecule has 0 bridgehead atoms. The monoisotopic (exact) mass is 387 g/mol. The van der Waals surface area contributed by atoms with Crippen molar-refractivity contribution in [2.45, 2.75) is 0 Å². The van der Waals surface area contributed by atoms with Crippen LogP contribution in [0.4, 0.5) is 0 Å². The van der Waals surface area contributed by atoms with Gasteiger partial charge in [-0.25, -0.2) is 0 Å². The summed E-state index contributed by atoms with van der Waals surface area (Å²) in [6.45, 7) is 0. The number of pyridine rings is 2. The first kappa shape index (κ1) is 15.7. The standard InChI is InChI=1S/C26H13NO3/c28-25-15-7-1-3-10-20(15)27-21-12-18-14-6-2-4-11-22(14)30-23(18)13-19(21)26(29)17-9-5-8-16(25)24(17)27/h1-13H. The largest absolute Gasteiger partial charge is 0.456 e. The Labute approximate surface area is 168 Å². The molecule has 0 aliphatic heterocycles. The Bertz CT molecular complexity index is 1940. The van der Waals surface area contributed by atoms with E-state index in [-0.39, 0.29) is 10.9 Å². The molecule has 7 rings (SSSR count). The predicted molar refractivity (Wildman–Crippen MR) is 121 cm³/mol. The highest BCUT2D eigenvalue weighted by atomic mass is 16.3. The van der Waals surface area contributed by atoms with Gasteiger partial charge in [-0.2, -0.15) is 0 Å². The minimum atomic E-state index is -0.0902. The maximum absolute atomic E-state index is 13.4. The van der Waals surface area contributed by atoms with Gasteiger partial charge in [-0.1, -0.05) is 36.4 Å². The van der Waals surface area contributed by atoms with Crippen LogP contribution in [0.25, 0.3) is 60.0 Å². The third kappa shape index (κ3) is 1.77. The van der Waals surface area contributed by atoms with Crippen molar-refractivity contribution < 1.29 is 4.42 Å². The van der Waals surface area contributed by atoms with E-state index in [1.165, 1.54) is 0 Å². The number of fused-ring (bicyclic) bond motifs is 7. The molecule has 4 nitrogen and oxygen atoms in total. The number of para-hydroxylation sites is 3. The van der Waals surface area contributed by atoms with Crippen LogP contribution in [0.1, 0.15) is 0 Å². The first-order valence-corrected chi connectivity index (χ1v) is 9.79. The van der Waals surface area contributed by atoms with Crippen molar-refractivity contribution in [2.75, 3.05) is 0 Å². The molecule has 3 heterocycles. The van der Waals surface area contributed by atoms with Crippen LogP contribution >= 0.6 is 0 Å². The Hall–Kier alpha value is -4.18. The highest BCUT2D eigenvalue weighted by Crippen LogP contribution is 2.33. The lowest BCUT2D eigenvalue weighted by Crippen LogP contribution is -2.13. The molecule has 0 saturated carbocycles. The molecule has 0 radical (unpaired) electrons. The van der Waals surface area contributed by atoms with Gasteiger partial charge >= 0.3 is 0 Å². The van der Waals surface area contributed by atoms with E-state index in [9.17, 15) is 9.59 Å². The zero-order chi connectivity index (χ0) is 20.0. The van der Waals surface area contributed by atoms with Crippen LogP contribution in [0.2, 0.25) is 0 Å². The van der Waals surface area contributed by atoms with Crippen LogP contribution < -0.4 is 10.9 Å². The van der Waals surface area contributed by atoms with Crippen molar-refractivity contribution >= 4 is 60.0 Å². The lowest BCUT2D eigenvalue weighted by molar-refractivity contribution is 0.669. The molecule has 0 amide bonds.